The third kappa shape index (κ3) is 2.25. The van der Waals surface area contributed by atoms with Gasteiger partial charge < -0.3 is 0 Å². The molecule has 10 heteroatoms. The van der Waals surface area contributed by atoms with E-state index in [1.165, 1.54) is 18.2 Å². The largest absolute Gasteiger partial charge is 0.267 e. The molecule has 1 aromatic heterocycles. The Morgan fingerprint density at radius 2 is 1.96 bits per heavy atom. The predicted molar refractivity (Wildman–Crippen MR) is 78.5 cm³/mol. The van der Waals surface area contributed by atoms with Crippen molar-refractivity contribution < 1.29 is 21.6 Å². The zero-order valence-electron chi connectivity index (χ0n) is 12.0. The fraction of sp³-hybridized carbons (Fsp3) is 0.429. The molecule has 0 radical (unpaired) electrons. The number of nitrogens with zero attached hydrogens (tertiary/aromatic N) is 3. The van der Waals surface area contributed by atoms with Crippen molar-refractivity contribution in [2.45, 2.75) is 41.6 Å². The summed E-state index contributed by atoms with van der Waals surface area (Å²) < 4.78 is 67.0. The summed E-state index contributed by atoms with van der Waals surface area (Å²) in [5.41, 5.74) is 0.104. The van der Waals surface area contributed by atoms with Gasteiger partial charge in [-0.3, -0.25) is 0 Å². The molecule has 0 N–H and O–H groups in total. The fourth-order valence-corrected chi connectivity index (χ4v) is 4.62. The molecule has 24 heavy (non-hydrogen) atoms. The molecule has 5 nitrogen and oxygen atoms in total. The highest BCUT2D eigenvalue weighted by molar-refractivity contribution is 7.92. The molecule has 1 aliphatic carbocycles. The van der Waals surface area contributed by atoms with Gasteiger partial charge in [-0.15, -0.1) is 5.10 Å². The van der Waals surface area contributed by atoms with Crippen molar-refractivity contribution in [1.82, 2.24) is 14.8 Å². The second-order valence-electron chi connectivity index (χ2n) is 5.89. The van der Waals surface area contributed by atoms with E-state index in [2.05, 4.69) is 10.1 Å². The molecule has 1 saturated carbocycles. The van der Waals surface area contributed by atoms with Crippen LogP contribution in [0.1, 0.15) is 36.4 Å². The molecule has 1 aromatic carbocycles. The van der Waals surface area contributed by atoms with Gasteiger partial charge in [0.15, 0.2) is 12.0 Å². The molecule has 0 amide bonds. The number of sulfone groups is 1. The van der Waals surface area contributed by atoms with Gasteiger partial charge in [-0.1, -0.05) is 23.7 Å². The average Bonchev–Trinajstić information content (AvgIpc) is 2.99. The molecule has 128 valence electrons. The van der Waals surface area contributed by atoms with E-state index in [9.17, 15) is 21.6 Å². The van der Waals surface area contributed by atoms with E-state index in [4.69, 9.17) is 11.6 Å². The van der Waals surface area contributed by atoms with E-state index in [1.54, 1.807) is 0 Å². The van der Waals surface area contributed by atoms with Gasteiger partial charge in [0.2, 0.25) is 9.84 Å². The molecule has 2 heterocycles. The van der Waals surface area contributed by atoms with Crippen LogP contribution in [-0.2, 0) is 9.84 Å². The predicted octanol–water partition coefficient (Wildman–Crippen LogP) is 2.96. The first-order chi connectivity index (χ1) is 11.3. The highest BCUT2D eigenvalue weighted by atomic mass is 35.5. The summed E-state index contributed by atoms with van der Waals surface area (Å²) in [5.74, 6) is -0.913. The summed E-state index contributed by atoms with van der Waals surface area (Å²) >= 11 is 5.75. The van der Waals surface area contributed by atoms with E-state index in [-0.39, 0.29) is 29.3 Å². The van der Waals surface area contributed by atoms with Crippen LogP contribution < -0.4 is 0 Å². The Kier molecular flexibility index (Phi) is 3.44. The van der Waals surface area contributed by atoms with Gasteiger partial charge in [0, 0.05) is 12.0 Å². The van der Waals surface area contributed by atoms with Crippen LogP contribution in [0.25, 0.3) is 0 Å². The Labute approximate surface area is 140 Å². The van der Waals surface area contributed by atoms with E-state index < -0.39 is 44.4 Å². The van der Waals surface area contributed by atoms with Gasteiger partial charge >= 0.3 is 0 Å². The minimum atomic E-state index is -4.04. The zero-order valence-corrected chi connectivity index (χ0v) is 13.6. The maximum Gasteiger partial charge on any atom is 0.267 e. The second-order valence-corrected chi connectivity index (χ2v) is 8.36. The third-order valence-corrected chi connectivity index (χ3v) is 6.55. The number of halogens is 4. The number of rotatable bonds is 3. The number of benzene rings is 1. The lowest BCUT2D eigenvalue weighted by Gasteiger charge is -2.13. The van der Waals surface area contributed by atoms with E-state index >= 15 is 0 Å². The molecular formula is C14H11ClF3N3O2S. The van der Waals surface area contributed by atoms with E-state index in [0.717, 1.165) is 4.68 Å². The summed E-state index contributed by atoms with van der Waals surface area (Å²) in [5, 5.41) is 1.92. The Morgan fingerprint density at radius 3 is 2.62 bits per heavy atom. The molecule has 0 bridgehead atoms. The van der Waals surface area contributed by atoms with Crippen LogP contribution >= 0.6 is 11.6 Å². The topological polar surface area (TPSA) is 64.8 Å². The molecule has 4 atom stereocenters. The first-order valence-corrected chi connectivity index (χ1v) is 9.15. The lowest BCUT2D eigenvalue weighted by molar-refractivity contribution is 0.325. The SMILES string of the molecule is O=S(=O)(c1nc2n(n1)[C@H](c1cccc(Cl)c1F)C[C@@H]2F)[C@H]1C[C@@H]1F. The molecule has 4 rings (SSSR count). The Bertz CT molecular complexity index is 933. The van der Waals surface area contributed by atoms with Crippen molar-refractivity contribution in [3.63, 3.8) is 0 Å². The van der Waals surface area contributed by atoms with Gasteiger partial charge in [0.25, 0.3) is 5.16 Å². The molecule has 1 fully saturated rings. The van der Waals surface area contributed by atoms with Crippen molar-refractivity contribution in [1.29, 1.82) is 0 Å². The van der Waals surface area contributed by atoms with Crippen molar-refractivity contribution in [3.8, 4) is 0 Å². The molecule has 2 aliphatic rings. The molecule has 0 spiro atoms. The lowest BCUT2D eigenvalue weighted by atomic mass is 10.0. The summed E-state index contributed by atoms with van der Waals surface area (Å²) in [6.45, 7) is 0. The summed E-state index contributed by atoms with van der Waals surface area (Å²) in [4.78, 5) is 3.73. The maximum absolute atomic E-state index is 14.2. The van der Waals surface area contributed by atoms with Crippen molar-refractivity contribution >= 4 is 21.4 Å². The third-order valence-electron chi connectivity index (χ3n) is 4.30. The van der Waals surface area contributed by atoms with Crippen LogP contribution in [0.3, 0.4) is 0 Å². The van der Waals surface area contributed by atoms with Gasteiger partial charge in [-0.2, -0.15) is 4.98 Å². The molecule has 2 aromatic rings. The van der Waals surface area contributed by atoms with Gasteiger partial charge in [0.05, 0.1) is 11.1 Å². The minimum absolute atomic E-state index is 0.104. The zero-order chi connectivity index (χ0) is 17.2. The maximum atomic E-state index is 14.2. The summed E-state index contributed by atoms with van der Waals surface area (Å²) in [7, 11) is -4.04. The molecular weight excluding hydrogens is 367 g/mol. The number of aromatic nitrogens is 3. The van der Waals surface area contributed by atoms with Crippen LogP contribution in [0, 0.1) is 5.82 Å². The highest BCUT2D eigenvalue weighted by Gasteiger charge is 2.51. The van der Waals surface area contributed by atoms with Crippen molar-refractivity contribution in [3.05, 3.63) is 40.4 Å². The minimum Gasteiger partial charge on any atom is -0.246 e. The second kappa shape index (κ2) is 5.19. The Morgan fingerprint density at radius 1 is 1.25 bits per heavy atom. The normalized spacial score (nSPS) is 28.8. The first kappa shape index (κ1) is 15.9. The van der Waals surface area contributed by atoms with Crippen LogP contribution in [0.4, 0.5) is 13.2 Å². The van der Waals surface area contributed by atoms with Crippen LogP contribution in [0.5, 0.6) is 0 Å². The monoisotopic (exact) mass is 377 g/mol. The number of hydrogen-bond acceptors (Lipinski definition) is 4. The lowest BCUT2D eigenvalue weighted by Crippen LogP contribution is -2.14. The Balaban J connectivity index is 1.78. The fourth-order valence-electron chi connectivity index (χ4n) is 2.92. The van der Waals surface area contributed by atoms with Crippen LogP contribution in [0.2, 0.25) is 5.02 Å². The van der Waals surface area contributed by atoms with Gasteiger partial charge in [0.1, 0.15) is 17.2 Å². The standard InChI is InChI=1S/C14H11ClF3N3O2S/c15-7-3-1-2-6(12(7)18)10-4-9(17)13-19-14(20-21(10)13)24(22,23)11-5-8(11)16/h1-3,8-11H,4-5H2/t8-,9-,10-,11-/m0/s1. The molecule has 0 unspecified atom stereocenters. The quantitative estimate of drug-likeness (QED) is 0.825. The van der Waals surface area contributed by atoms with E-state index in [1.807, 2.05) is 0 Å². The van der Waals surface area contributed by atoms with Gasteiger partial charge in [-0.25, -0.2) is 26.3 Å². The summed E-state index contributed by atoms with van der Waals surface area (Å²) in [6.07, 6.45) is -3.28. The van der Waals surface area contributed by atoms with Crippen molar-refractivity contribution in [2.24, 2.45) is 0 Å². The van der Waals surface area contributed by atoms with Crippen LogP contribution in [-0.4, -0.2) is 34.6 Å². The first-order valence-electron chi connectivity index (χ1n) is 7.23. The number of hydrogen-bond donors (Lipinski definition) is 0. The van der Waals surface area contributed by atoms with Gasteiger partial charge in [-0.05, 0) is 12.5 Å². The van der Waals surface area contributed by atoms with E-state index in [0.29, 0.717) is 0 Å². The van der Waals surface area contributed by atoms with Crippen molar-refractivity contribution in [2.75, 3.05) is 0 Å². The average molecular weight is 378 g/mol. The Hall–Kier alpha value is -1.61. The number of fused-ring (bicyclic) bond motifs is 1. The number of alkyl halides is 2. The molecule has 0 saturated heterocycles. The highest BCUT2D eigenvalue weighted by Crippen LogP contribution is 2.43. The smallest absolute Gasteiger partial charge is 0.246 e. The van der Waals surface area contributed by atoms with Crippen LogP contribution in [0.15, 0.2) is 23.4 Å². The molecule has 1 aliphatic heterocycles. The summed E-state index contributed by atoms with van der Waals surface area (Å²) in [6, 6.07) is 3.44.